The van der Waals surface area contributed by atoms with Crippen LogP contribution in [-0.4, -0.2) is 45.7 Å². The molecule has 4 rings (SSSR count). The summed E-state index contributed by atoms with van der Waals surface area (Å²) in [5.74, 6) is -0.622. The van der Waals surface area contributed by atoms with E-state index in [1.54, 1.807) is 4.90 Å². The van der Waals surface area contributed by atoms with Crippen LogP contribution < -0.4 is 10.5 Å². The van der Waals surface area contributed by atoms with Crippen LogP contribution >= 0.6 is 11.3 Å². The first-order chi connectivity index (χ1) is 13.0. The van der Waals surface area contributed by atoms with Crippen molar-refractivity contribution in [3.63, 3.8) is 0 Å². The summed E-state index contributed by atoms with van der Waals surface area (Å²) in [6.07, 6.45) is 1.32. The molecule has 27 heavy (non-hydrogen) atoms. The van der Waals surface area contributed by atoms with E-state index in [1.807, 2.05) is 44.2 Å². The molecule has 0 bridgehead atoms. The summed E-state index contributed by atoms with van der Waals surface area (Å²) < 4.78 is 1.47. The normalized spacial score (nSPS) is 14.8. The second kappa shape index (κ2) is 6.62. The molecule has 2 aromatic heterocycles. The van der Waals surface area contributed by atoms with Gasteiger partial charge in [-0.05, 0) is 26.0 Å². The molecule has 8 heteroatoms. The van der Waals surface area contributed by atoms with Crippen LogP contribution in [0.2, 0.25) is 0 Å². The summed E-state index contributed by atoms with van der Waals surface area (Å²) >= 11 is 1.41. The Morgan fingerprint density at radius 2 is 1.85 bits per heavy atom. The first kappa shape index (κ1) is 17.4. The minimum Gasteiger partial charge on any atom is -0.327 e. The second-order valence-electron chi connectivity index (χ2n) is 6.45. The topological polar surface area (TPSA) is 75.0 Å². The molecule has 0 N–H and O–H groups in total. The molecule has 0 aliphatic carbocycles. The van der Waals surface area contributed by atoms with Crippen molar-refractivity contribution in [3.05, 3.63) is 63.0 Å². The molecule has 1 saturated heterocycles. The van der Waals surface area contributed by atoms with Gasteiger partial charge in [0.05, 0.1) is 0 Å². The first-order valence-electron chi connectivity index (χ1n) is 8.60. The Morgan fingerprint density at radius 1 is 1.11 bits per heavy atom. The molecule has 138 valence electrons. The Kier molecular flexibility index (Phi) is 4.27. The fraction of sp³-hybridized carbons (Fsp3) is 0.263. The number of para-hydroxylation sites is 1. The van der Waals surface area contributed by atoms with Gasteiger partial charge in [-0.2, -0.15) is 0 Å². The largest absolute Gasteiger partial charge is 0.327 e. The number of hydrogen-bond donors (Lipinski definition) is 0. The quantitative estimate of drug-likeness (QED) is 0.678. The number of anilines is 1. The minimum atomic E-state index is -0.453. The maximum atomic E-state index is 12.9. The van der Waals surface area contributed by atoms with E-state index in [2.05, 4.69) is 4.98 Å². The van der Waals surface area contributed by atoms with Gasteiger partial charge in [0.1, 0.15) is 12.1 Å². The van der Waals surface area contributed by atoms with Gasteiger partial charge in [0, 0.05) is 35.5 Å². The number of carbonyl (C=O) groups is 2. The average molecular weight is 382 g/mol. The summed E-state index contributed by atoms with van der Waals surface area (Å²) in [6, 6.07) is 9.35. The number of aromatic nitrogens is 2. The SMILES string of the molecule is Cc1sc2ncc(C(=O)N3CCN(c4ccccc4)C(=O)C3)c(=O)n2c1C. The van der Waals surface area contributed by atoms with Crippen molar-refractivity contribution in [2.24, 2.45) is 0 Å². The fourth-order valence-electron chi connectivity index (χ4n) is 3.22. The van der Waals surface area contributed by atoms with Crippen LogP contribution in [0.5, 0.6) is 0 Å². The van der Waals surface area contributed by atoms with Gasteiger partial charge in [-0.1, -0.05) is 18.2 Å². The highest BCUT2D eigenvalue weighted by Crippen LogP contribution is 2.20. The predicted molar refractivity (Wildman–Crippen MR) is 104 cm³/mol. The fourth-order valence-corrected chi connectivity index (χ4v) is 4.15. The van der Waals surface area contributed by atoms with Crippen LogP contribution in [0.15, 0.2) is 41.3 Å². The molecule has 1 aromatic carbocycles. The standard InChI is InChI=1S/C19H18N4O3S/c1-12-13(2)27-19-20-10-15(18(26)23(12)19)17(25)21-8-9-22(16(24)11-21)14-6-4-3-5-7-14/h3-7,10H,8-9,11H2,1-2H3. The van der Waals surface area contributed by atoms with Crippen LogP contribution in [0.3, 0.4) is 0 Å². The molecule has 0 saturated carbocycles. The van der Waals surface area contributed by atoms with Crippen LogP contribution in [0, 0.1) is 13.8 Å². The highest BCUT2D eigenvalue weighted by atomic mass is 32.1. The zero-order chi connectivity index (χ0) is 19.1. The molecule has 3 aromatic rings. The number of amides is 2. The van der Waals surface area contributed by atoms with E-state index in [1.165, 1.54) is 26.8 Å². The summed E-state index contributed by atoms with van der Waals surface area (Å²) in [7, 11) is 0. The third-order valence-corrected chi connectivity index (χ3v) is 5.90. The molecule has 1 aliphatic heterocycles. The van der Waals surface area contributed by atoms with E-state index >= 15 is 0 Å². The highest BCUT2D eigenvalue weighted by molar-refractivity contribution is 7.17. The number of thiazole rings is 1. The molecule has 0 spiro atoms. The number of nitrogens with zero attached hydrogens (tertiary/aromatic N) is 4. The van der Waals surface area contributed by atoms with Crippen molar-refractivity contribution >= 4 is 33.8 Å². The van der Waals surface area contributed by atoms with Gasteiger partial charge in [0.15, 0.2) is 4.96 Å². The second-order valence-corrected chi connectivity index (χ2v) is 7.63. The predicted octanol–water partition coefficient (Wildman–Crippen LogP) is 1.86. The Morgan fingerprint density at radius 3 is 2.56 bits per heavy atom. The van der Waals surface area contributed by atoms with E-state index in [0.29, 0.717) is 18.1 Å². The number of aryl methyl sites for hydroxylation is 2. The van der Waals surface area contributed by atoms with Crippen molar-refractivity contribution < 1.29 is 9.59 Å². The number of hydrogen-bond acceptors (Lipinski definition) is 5. The van der Waals surface area contributed by atoms with Crippen molar-refractivity contribution in [2.45, 2.75) is 13.8 Å². The zero-order valence-electron chi connectivity index (χ0n) is 15.0. The number of piperazine rings is 1. The summed E-state index contributed by atoms with van der Waals surface area (Å²) in [5, 5.41) is 0. The molecule has 1 aliphatic rings. The lowest BCUT2D eigenvalue weighted by molar-refractivity contribution is -0.120. The number of fused-ring (bicyclic) bond motifs is 1. The average Bonchev–Trinajstić information content (AvgIpc) is 2.97. The van der Waals surface area contributed by atoms with Crippen molar-refractivity contribution in [2.75, 3.05) is 24.5 Å². The molecule has 1 fully saturated rings. The maximum Gasteiger partial charge on any atom is 0.271 e. The molecular weight excluding hydrogens is 364 g/mol. The molecule has 0 atom stereocenters. The van der Waals surface area contributed by atoms with Gasteiger partial charge in [-0.3, -0.25) is 18.8 Å². The van der Waals surface area contributed by atoms with Gasteiger partial charge >= 0.3 is 0 Å². The van der Waals surface area contributed by atoms with E-state index in [9.17, 15) is 14.4 Å². The summed E-state index contributed by atoms with van der Waals surface area (Å²) in [4.78, 5) is 47.1. The monoisotopic (exact) mass is 382 g/mol. The van der Waals surface area contributed by atoms with Gasteiger partial charge < -0.3 is 9.80 Å². The molecule has 0 unspecified atom stereocenters. The van der Waals surface area contributed by atoms with E-state index < -0.39 is 5.91 Å². The van der Waals surface area contributed by atoms with Crippen LogP contribution in [0.25, 0.3) is 4.96 Å². The van der Waals surface area contributed by atoms with Crippen molar-refractivity contribution in [1.29, 1.82) is 0 Å². The molecular formula is C19H18N4O3S. The van der Waals surface area contributed by atoms with Gasteiger partial charge in [-0.25, -0.2) is 4.98 Å². The van der Waals surface area contributed by atoms with Gasteiger partial charge in [-0.15, -0.1) is 11.3 Å². The Balaban J connectivity index is 1.60. The Hall–Kier alpha value is -3.00. The van der Waals surface area contributed by atoms with Crippen LogP contribution in [-0.2, 0) is 4.79 Å². The lowest BCUT2D eigenvalue weighted by Gasteiger charge is -2.34. The molecule has 3 heterocycles. The van der Waals surface area contributed by atoms with Crippen LogP contribution in [0.1, 0.15) is 20.9 Å². The Bertz CT molecular complexity index is 1100. The number of carbonyl (C=O) groups excluding carboxylic acids is 2. The van der Waals surface area contributed by atoms with Crippen molar-refractivity contribution in [1.82, 2.24) is 14.3 Å². The lowest BCUT2D eigenvalue weighted by Crippen LogP contribution is -2.53. The minimum absolute atomic E-state index is 0.00522. The lowest BCUT2D eigenvalue weighted by atomic mass is 10.2. The van der Waals surface area contributed by atoms with Gasteiger partial charge in [0.25, 0.3) is 11.5 Å². The molecule has 7 nitrogen and oxygen atoms in total. The maximum absolute atomic E-state index is 12.9. The highest BCUT2D eigenvalue weighted by Gasteiger charge is 2.30. The van der Waals surface area contributed by atoms with E-state index in [0.717, 1.165) is 16.3 Å². The van der Waals surface area contributed by atoms with Crippen LogP contribution in [0.4, 0.5) is 5.69 Å². The number of rotatable bonds is 2. The number of benzene rings is 1. The summed E-state index contributed by atoms with van der Waals surface area (Å²) in [5.41, 5.74) is 1.20. The van der Waals surface area contributed by atoms with Gasteiger partial charge in [0.2, 0.25) is 5.91 Å². The first-order valence-corrected chi connectivity index (χ1v) is 9.41. The summed E-state index contributed by atoms with van der Waals surface area (Å²) in [6.45, 7) is 4.44. The zero-order valence-corrected chi connectivity index (χ0v) is 15.8. The third kappa shape index (κ3) is 2.91. The van der Waals surface area contributed by atoms with Crippen molar-refractivity contribution in [3.8, 4) is 0 Å². The molecule has 2 amide bonds. The van der Waals surface area contributed by atoms with E-state index in [-0.39, 0.29) is 23.6 Å². The smallest absolute Gasteiger partial charge is 0.271 e. The molecule has 0 radical (unpaired) electrons. The Labute approximate surface area is 159 Å². The third-order valence-electron chi connectivity index (χ3n) is 4.82. The van der Waals surface area contributed by atoms with E-state index in [4.69, 9.17) is 0 Å².